The van der Waals surface area contributed by atoms with Crippen molar-refractivity contribution in [2.24, 2.45) is 5.14 Å². The second-order valence-corrected chi connectivity index (χ2v) is 4.60. The van der Waals surface area contributed by atoms with Crippen LogP contribution in [0.3, 0.4) is 0 Å². The SMILES string of the molecule is COC(=O)NCc1ccc(S(N)(=O)=O)cc1. The first-order valence-electron chi connectivity index (χ1n) is 4.37. The minimum absolute atomic E-state index is 0.0364. The van der Waals surface area contributed by atoms with E-state index in [0.717, 1.165) is 5.56 Å². The van der Waals surface area contributed by atoms with Crippen LogP contribution in [0.1, 0.15) is 5.56 Å². The second-order valence-electron chi connectivity index (χ2n) is 3.03. The Labute approximate surface area is 93.5 Å². The van der Waals surface area contributed by atoms with Gasteiger partial charge in [-0.1, -0.05) is 12.1 Å². The minimum Gasteiger partial charge on any atom is -0.453 e. The number of methoxy groups -OCH3 is 1. The quantitative estimate of drug-likeness (QED) is 0.792. The number of benzene rings is 1. The van der Waals surface area contributed by atoms with E-state index in [0.29, 0.717) is 0 Å². The van der Waals surface area contributed by atoms with Crippen molar-refractivity contribution in [1.29, 1.82) is 0 Å². The molecule has 0 spiro atoms. The van der Waals surface area contributed by atoms with Gasteiger partial charge in [0.25, 0.3) is 0 Å². The monoisotopic (exact) mass is 244 g/mol. The van der Waals surface area contributed by atoms with Gasteiger partial charge in [-0.2, -0.15) is 0 Å². The number of rotatable bonds is 3. The molecule has 0 heterocycles. The summed E-state index contributed by atoms with van der Waals surface area (Å²) in [5.74, 6) is 0. The van der Waals surface area contributed by atoms with Crippen molar-refractivity contribution in [1.82, 2.24) is 5.32 Å². The van der Waals surface area contributed by atoms with Gasteiger partial charge in [-0.3, -0.25) is 0 Å². The molecule has 3 N–H and O–H groups in total. The second kappa shape index (κ2) is 4.95. The van der Waals surface area contributed by atoms with Crippen LogP contribution in [0.2, 0.25) is 0 Å². The van der Waals surface area contributed by atoms with Crippen LogP contribution < -0.4 is 10.5 Å². The lowest BCUT2D eigenvalue weighted by molar-refractivity contribution is 0.170. The molecule has 1 rings (SSSR count). The highest BCUT2D eigenvalue weighted by molar-refractivity contribution is 7.89. The Bertz CT molecular complexity index is 467. The smallest absolute Gasteiger partial charge is 0.407 e. The van der Waals surface area contributed by atoms with Gasteiger partial charge in [0.05, 0.1) is 12.0 Å². The average Bonchev–Trinajstić information content (AvgIpc) is 2.25. The molecule has 1 aromatic carbocycles. The van der Waals surface area contributed by atoms with Crippen LogP contribution in [-0.2, 0) is 21.3 Å². The van der Waals surface area contributed by atoms with Gasteiger partial charge < -0.3 is 10.1 Å². The average molecular weight is 244 g/mol. The van der Waals surface area contributed by atoms with E-state index in [1.54, 1.807) is 12.1 Å². The Morgan fingerprint density at radius 2 is 1.94 bits per heavy atom. The molecule has 0 atom stereocenters. The van der Waals surface area contributed by atoms with Gasteiger partial charge in [-0.05, 0) is 17.7 Å². The fourth-order valence-corrected chi connectivity index (χ4v) is 1.56. The highest BCUT2D eigenvalue weighted by Crippen LogP contribution is 2.08. The third kappa shape index (κ3) is 3.52. The molecule has 7 heteroatoms. The standard InChI is InChI=1S/C9H12N2O4S/c1-15-9(12)11-6-7-2-4-8(5-3-7)16(10,13)14/h2-5H,6H2,1H3,(H,11,12)(H2,10,13,14). The molecule has 0 saturated heterocycles. The highest BCUT2D eigenvalue weighted by Gasteiger charge is 2.06. The summed E-state index contributed by atoms with van der Waals surface area (Å²) in [4.78, 5) is 10.8. The zero-order chi connectivity index (χ0) is 12.2. The van der Waals surface area contributed by atoms with Gasteiger partial charge in [0, 0.05) is 6.54 Å². The molecule has 0 aliphatic carbocycles. The van der Waals surface area contributed by atoms with Crippen LogP contribution in [0.5, 0.6) is 0 Å². The van der Waals surface area contributed by atoms with E-state index < -0.39 is 16.1 Å². The first-order chi connectivity index (χ1) is 7.43. The van der Waals surface area contributed by atoms with E-state index in [4.69, 9.17) is 5.14 Å². The van der Waals surface area contributed by atoms with Crippen molar-refractivity contribution in [3.05, 3.63) is 29.8 Å². The predicted octanol–water partition coefficient (Wildman–Crippen LogP) is 0.190. The third-order valence-electron chi connectivity index (χ3n) is 1.87. The number of hydrogen-bond donors (Lipinski definition) is 2. The Balaban J connectivity index is 2.69. The topological polar surface area (TPSA) is 98.5 Å². The number of nitrogens with two attached hydrogens (primary N) is 1. The van der Waals surface area contributed by atoms with Crippen molar-refractivity contribution in [3.8, 4) is 0 Å². The lowest BCUT2D eigenvalue weighted by Gasteiger charge is -2.04. The number of sulfonamides is 1. The number of ether oxygens (including phenoxy) is 1. The molecule has 0 fully saturated rings. The van der Waals surface area contributed by atoms with E-state index >= 15 is 0 Å². The first kappa shape index (κ1) is 12.5. The number of amides is 1. The number of carbonyl (C=O) groups excluding carboxylic acids is 1. The van der Waals surface area contributed by atoms with Crippen LogP contribution in [0, 0.1) is 0 Å². The van der Waals surface area contributed by atoms with Crippen molar-refractivity contribution in [2.75, 3.05) is 7.11 Å². The van der Waals surface area contributed by atoms with E-state index in [1.807, 2.05) is 0 Å². The molecular formula is C9H12N2O4S. The summed E-state index contributed by atoms with van der Waals surface area (Å²) in [6, 6.07) is 5.89. The fraction of sp³-hybridized carbons (Fsp3) is 0.222. The summed E-state index contributed by atoms with van der Waals surface area (Å²) in [5, 5.41) is 7.40. The predicted molar refractivity (Wildman–Crippen MR) is 57.1 cm³/mol. The Morgan fingerprint density at radius 1 is 1.38 bits per heavy atom. The van der Waals surface area contributed by atoms with Gasteiger partial charge in [0.2, 0.25) is 10.0 Å². The zero-order valence-electron chi connectivity index (χ0n) is 8.64. The molecule has 1 aromatic rings. The number of primary sulfonamides is 1. The summed E-state index contributed by atoms with van der Waals surface area (Å²) in [6.07, 6.45) is -0.546. The van der Waals surface area contributed by atoms with Gasteiger partial charge in [-0.25, -0.2) is 18.4 Å². The summed E-state index contributed by atoms with van der Waals surface area (Å²) in [5.41, 5.74) is 0.748. The summed E-state index contributed by atoms with van der Waals surface area (Å²) in [6.45, 7) is 0.261. The van der Waals surface area contributed by atoms with Crippen molar-refractivity contribution in [2.45, 2.75) is 11.4 Å². The normalized spacial score (nSPS) is 10.9. The largest absolute Gasteiger partial charge is 0.453 e. The first-order valence-corrected chi connectivity index (χ1v) is 5.91. The molecule has 0 aliphatic heterocycles. The molecule has 6 nitrogen and oxygen atoms in total. The summed E-state index contributed by atoms with van der Waals surface area (Å²) >= 11 is 0. The van der Waals surface area contributed by atoms with E-state index in [-0.39, 0.29) is 11.4 Å². The highest BCUT2D eigenvalue weighted by atomic mass is 32.2. The number of carbonyl (C=O) groups is 1. The van der Waals surface area contributed by atoms with Gasteiger partial charge in [-0.15, -0.1) is 0 Å². The maximum absolute atomic E-state index is 10.9. The fourth-order valence-electron chi connectivity index (χ4n) is 1.04. The lowest BCUT2D eigenvalue weighted by Crippen LogP contribution is -2.22. The van der Waals surface area contributed by atoms with Gasteiger partial charge in [0.15, 0.2) is 0 Å². The summed E-state index contributed by atoms with van der Waals surface area (Å²) in [7, 11) is -2.40. The summed E-state index contributed by atoms with van der Waals surface area (Å²) < 4.78 is 26.3. The molecule has 0 aliphatic rings. The van der Waals surface area contributed by atoms with E-state index in [9.17, 15) is 13.2 Å². The molecule has 88 valence electrons. The van der Waals surface area contributed by atoms with E-state index in [2.05, 4.69) is 10.1 Å². The van der Waals surface area contributed by atoms with Crippen LogP contribution in [-0.4, -0.2) is 21.6 Å². The maximum Gasteiger partial charge on any atom is 0.407 e. The Morgan fingerprint density at radius 3 is 2.38 bits per heavy atom. The molecule has 0 saturated carbocycles. The molecule has 1 amide bonds. The Kier molecular flexibility index (Phi) is 3.86. The van der Waals surface area contributed by atoms with Crippen molar-refractivity contribution < 1.29 is 17.9 Å². The number of nitrogens with one attached hydrogen (secondary N) is 1. The van der Waals surface area contributed by atoms with Crippen LogP contribution in [0.15, 0.2) is 29.2 Å². The van der Waals surface area contributed by atoms with Crippen molar-refractivity contribution in [3.63, 3.8) is 0 Å². The van der Waals surface area contributed by atoms with Crippen molar-refractivity contribution >= 4 is 16.1 Å². The van der Waals surface area contributed by atoms with Gasteiger partial charge in [0.1, 0.15) is 0 Å². The van der Waals surface area contributed by atoms with E-state index in [1.165, 1.54) is 19.2 Å². The zero-order valence-corrected chi connectivity index (χ0v) is 9.45. The molecular weight excluding hydrogens is 232 g/mol. The molecule has 0 unspecified atom stereocenters. The molecule has 16 heavy (non-hydrogen) atoms. The van der Waals surface area contributed by atoms with Crippen LogP contribution in [0.4, 0.5) is 4.79 Å². The Hall–Kier alpha value is -1.60. The molecule has 0 radical (unpaired) electrons. The molecule has 0 aromatic heterocycles. The number of alkyl carbamates (subject to hydrolysis) is 1. The number of hydrogen-bond acceptors (Lipinski definition) is 4. The lowest BCUT2D eigenvalue weighted by atomic mass is 10.2. The van der Waals surface area contributed by atoms with Crippen LogP contribution in [0.25, 0.3) is 0 Å². The maximum atomic E-state index is 10.9. The third-order valence-corrected chi connectivity index (χ3v) is 2.80. The van der Waals surface area contributed by atoms with Crippen LogP contribution >= 0.6 is 0 Å². The van der Waals surface area contributed by atoms with Gasteiger partial charge >= 0.3 is 6.09 Å². The molecule has 0 bridgehead atoms. The minimum atomic E-state index is -3.67.